The molecule has 128 valence electrons. The molecular formula is C21H28O2Si. The maximum Gasteiger partial charge on any atom is 0.157 e. The number of hydrogen-bond acceptors (Lipinski definition) is 2. The lowest BCUT2D eigenvalue weighted by atomic mass is 10.1. The van der Waals surface area contributed by atoms with E-state index in [9.17, 15) is 0 Å². The maximum absolute atomic E-state index is 5.94. The standard InChI is InChI=1S/C21H28O2Si/c1-3-5-16-22-21(23-17-6-4-2)24-20-14-12-19(13-15-20)18-10-8-7-9-11-18/h7-15,21H,3-6,16-17H2,1-2H3. The van der Waals surface area contributed by atoms with Gasteiger partial charge in [-0.1, -0.05) is 86.5 Å². The molecule has 0 aromatic heterocycles. The third-order valence-corrected chi connectivity index (χ3v) is 5.05. The zero-order chi connectivity index (χ0) is 17.0. The first kappa shape index (κ1) is 18.9. The number of ether oxygens (including phenoxy) is 2. The second kappa shape index (κ2) is 11.2. The molecule has 0 aliphatic rings. The van der Waals surface area contributed by atoms with Crippen LogP contribution in [0.1, 0.15) is 39.5 Å². The molecule has 2 aromatic rings. The van der Waals surface area contributed by atoms with Crippen LogP contribution in [0.15, 0.2) is 54.6 Å². The van der Waals surface area contributed by atoms with Crippen LogP contribution in [0.25, 0.3) is 11.1 Å². The Morgan fingerprint density at radius 1 is 0.750 bits per heavy atom. The highest BCUT2D eigenvalue weighted by atomic mass is 28.2. The summed E-state index contributed by atoms with van der Waals surface area (Å²) in [7, 11) is 0.528. The lowest BCUT2D eigenvalue weighted by molar-refractivity contribution is -0.0910. The van der Waals surface area contributed by atoms with Crippen LogP contribution >= 0.6 is 0 Å². The van der Waals surface area contributed by atoms with E-state index >= 15 is 0 Å². The molecule has 0 amide bonds. The molecule has 0 unspecified atom stereocenters. The second-order valence-electron chi connectivity index (χ2n) is 5.87. The Morgan fingerprint density at radius 2 is 1.29 bits per heavy atom. The van der Waals surface area contributed by atoms with Gasteiger partial charge in [0, 0.05) is 13.2 Å². The van der Waals surface area contributed by atoms with E-state index in [4.69, 9.17) is 9.47 Å². The molecule has 2 nitrogen and oxygen atoms in total. The Morgan fingerprint density at radius 3 is 1.83 bits per heavy atom. The van der Waals surface area contributed by atoms with Crippen LogP contribution in [-0.2, 0) is 9.47 Å². The lowest BCUT2D eigenvalue weighted by Crippen LogP contribution is -2.33. The number of benzene rings is 2. The minimum absolute atomic E-state index is 0.106. The minimum atomic E-state index is -0.106. The molecule has 2 radical (unpaired) electrons. The van der Waals surface area contributed by atoms with Gasteiger partial charge in [-0.25, -0.2) is 0 Å². The van der Waals surface area contributed by atoms with Crippen LogP contribution in [0, 0.1) is 0 Å². The summed E-state index contributed by atoms with van der Waals surface area (Å²) in [6, 6.07) is 19.2. The normalized spacial score (nSPS) is 11.1. The van der Waals surface area contributed by atoms with Gasteiger partial charge in [-0.05, 0) is 24.0 Å². The number of rotatable bonds is 11. The predicted octanol–water partition coefficient (Wildman–Crippen LogP) is 4.60. The third-order valence-electron chi connectivity index (χ3n) is 3.81. The highest BCUT2D eigenvalue weighted by Gasteiger charge is 2.12. The SMILES string of the molecule is CCCCOC(OCCCC)[Si]c1ccc(-c2ccccc2)cc1. The molecule has 2 aromatic carbocycles. The van der Waals surface area contributed by atoms with Crippen LogP contribution in [0.3, 0.4) is 0 Å². The molecule has 0 saturated carbocycles. The van der Waals surface area contributed by atoms with Gasteiger partial charge < -0.3 is 9.47 Å². The van der Waals surface area contributed by atoms with Gasteiger partial charge >= 0.3 is 0 Å². The molecule has 0 spiro atoms. The van der Waals surface area contributed by atoms with E-state index in [1.807, 2.05) is 6.07 Å². The molecule has 0 bridgehead atoms. The van der Waals surface area contributed by atoms with Crippen molar-refractivity contribution < 1.29 is 9.47 Å². The van der Waals surface area contributed by atoms with Crippen LogP contribution in [0.2, 0.25) is 0 Å². The van der Waals surface area contributed by atoms with Gasteiger partial charge in [0.1, 0.15) is 5.91 Å². The Balaban J connectivity index is 1.94. The molecule has 0 saturated heterocycles. The van der Waals surface area contributed by atoms with Gasteiger partial charge in [0.25, 0.3) is 0 Å². The van der Waals surface area contributed by atoms with Crippen molar-refractivity contribution in [2.24, 2.45) is 0 Å². The van der Waals surface area contributed by atoms with E-state index < -0.39 is 0 Å². The van der Waals surface area contributed by atoms with E-state index in [-0.39, 0.29) is 5.91 Å². The van der Waals surface area contributed by atoms with Crippen molar-refractivity contribution in [2.45, 2.75) is 45.4 Å². The fraction of sp³-hybridized carbons (Fsp3) is 0.429. The Hall–Kier alpha value is -1.42. The first-order valence-electron chi connectivity index (χ1n) is 8.98. The van der Waals surface area contributed by atoms with Gasteiger partial charge in [0.2, 0.25) is 0 Å². The predicted molar refractivity (Wildman–Crippen MR) is 103 cm³/mol. The summed E-state index contributed by atoms with van der Waals surface area (Å²) in [4.78, 5) is 0. The second-order valence-corrected chi connectivity index (χ2v) is 7.21. The van der Waals surface area contributed by atoms with Crippen molar-refractivity contribution in [3.63, 3.8) is 0 Å². The van der Waals surface area contributed by atoms with Gasteiger partial charge in [0.15, 0.2) is 9.52 Å². The van der Waals surface area contributed by atoms with Crippen molar-refractivity contribution in [3.8, 4) is 11.1 Å². The number of unbranched alkanes of at least 4 members (excludes halogenated alkanes) is 2. The summed E-state index contributed by atoms with van der Waals surface area (Å²) in [6.07, 6.45) is 4.48. The summed E-state index contributed by atoms with van der Waals surface area (Å²) in [5.41, 5.74) is 2.50. The molecule has 0 heterocycles. The third kappa shape index (κ3) is 6.60. The van der Waals surface area contributed by atoms with Crippen molar-refractivity contribution in [1.82, 2.24) is 0 Å². The molecular weight excluding hydrogens is 312 g/mol. The molecule has 3 heteroatoms. The Labute approximate surface area is 149 Å². The highest BCUT2D eigenvalue weighted by Crippen LogP contribution is 2.17. The smallest absolute Gasteiger partial charge is 0.157 e. The fourth-order valence-electron chi connectivity index (χ4n) is 2.33. The summed E-state index contributed by atoms with van der Waals surface area (Å²) in [5, 5.41) is 1.28. The van der Waals surface area contributed by atoms with Crippen LogP contribution in [0.5, 0.6) is 0 Å². The molecule has 0 aliphatic carbocycles. The zero-order valence-corrected chi connectivity index (χ0v) is 15.8. The summed E-state index contributed by atoms with van der Waals surface area (Å²) in [5.74, 6) is -0.106. The minimum Gasteiger partial charge on any atom is -0.357 e. The monoisotopic (exact) mass is 340 g/mol. The van der Waals surface area contributed by atoms with E-state index in [1.54, 1.807) is 0 Å². The summed E-state index contributed by atoms with van der Waals surface area (Å²) in [6.45, 7) is 5.92. The molecule has 0 atom stereocenters. The zero-order valence-electron chi connectivity index (χ0n) is 14.8. The Bertz CT molecular complexity index is 544. The number of hydrogen-bond donors (Lipinski definition) is 0. The maximum atomic E-state index is 5.94. The first-order valence-corrected chi connectivity index (χ1v) is 10.1. The van der Waals surface area contributed by atoms with Gasteiger partial charge in [-0.15, -0.1) is 0 Å². The van der Waals surface area contributed by atoms with E-state index in [1.165, 1.54) is 16.3 Å². The lowest BCUT2D eigenvalue weighted by Gasteiger charge is -2.18. The summed E-state index contributed by atoms with van der Waals surface area (Å²) < 4.78 is 11.9. The Kier molecular flexibility index (Phi) is 8.81. The molecule has 0 aliphatic heterocycles. The average Bonchev–Trinajstić information content (AvgIpc) is 2.63. The van der Waals surface area contributed by atoms with Gasteiger partial charge in [-0.2, -0.15) is 0 Å². The molecule has 2 rings (SSSR count). The fourth-order valence-corrected chi connectivity index (χ4v) is 3.36. The van der Waals surface area contributed by atoms with Crippen molar-refractivity contribution in [2.75, 3.05) is 13.2 Å². The van der Waals surface area contributed by atoms with Crippen LogP contribution in [-0.4, -0.2) is 28.6 Å². The highest BCUT2D eigenvalue weighted by molar-refractivity contribution is 6.54. The van der Waals surface area contributed by atoms with Crippen molar-refractivity contribution in [3.05, 3.63) is 54.6 Å². The quantitative estimate of drug-likeness (QED) is 0.338. The topological polar surface area (TPSA) is 18.5 Å². The van der Waals surface area contributed by atoms with E-state index in [0.29, 0.717) is 9.52 Å². The molecule has 24 heavy (non-hydrogen) atoms. The molecule has 0 N–H and O–H groups in total. The summed E-state index contributed by atoms with van der Waals surface area (Å²) >= 11 is 0. The van der Waals surface area contributed by atoms with Crippen LogP contribution in [0.4, 0.5) is 0 Å². The van der Waals surface area contributed by atoms with Gasteiger partial charge in [0.05, 0.1) is 0 Å². The van der Waals surface area contributed by atoms with Crippen molar-refractivity contribution in [1.29, 1.82) is 0 Å². The average molecular weight is 341 g/mol. The van der Waals surface area contributed by atoms with E-state index in [2.05, 4.69) is 62.4 Å². The molecule has 0 fully saturated rings. The van der Waals surface area contributed by atoms with E-state index in [0.717, 1.165) is 38.9 Å². The first-order chi connectivity index (χ1) is 11.8. The van der Waals surface area contributed by atoms with Gasteiger partial charge in [-0.3, -0.25) is 0 Å². The largest absolute Gasteiger partial charge is 0.357 e. The van der Waals surface area contributed by atoms with Crippen LogP contribution < -0.4 is 5.19 Å². The van der Waals surface area contributed by atoms with Crippen molar-refractivity contribution >= 4 is 14.7 Å².